The van der Waals surface area contributed by atoms with Crippen molar-refractivity contribution in [2.24, 2.45) is 0 Å². The summed E-state index contributed by atoms with van der Waals surface area (Å²) < 4.78 is 11.9. The third-order valence-corrected chi connectivity index (χ3v) is 2.88. The topological polar surface area (TPSA) is 73.5 Å². The molecule has 0 fully saturated rings. The molecule has 6 heteroatoms. The molecule has 1 aromatic heterocycles. The molecule has 114 valence electrons. The summed E-state index contributed by atoms with van der Waals surface area (Å²) in [4.78, 5) is 23.2. The molecule has 2 aromatic rings. The second-order valence-corrected chi connectivity index (χ2v) is 5.77. The minimum absolute atomic E-state index is 0.327. The first-order valence-corrected chi connectivity index (χ1v) is 6.89. The van der Waals surface area contributed by atoms with Crippen LogP contribution in [0.15, 0.2) is 27.4 Å². The summed E-state index contributed by atoms with van der Waals surface area (Å²) in [6.45, 7) is 8.17. The van der Waals surface area contributed by atoms with E-state index in [2.05, 4.69) is 5.32 Å². The zero-order valence-electron chi connectivity index (χ0n) is 12.7. The van der Waals surface area contributed by atoms with Crippen molar-refractivity contribution in [3.63, 3.8) is 0 Å². The number of amides is 1. The van der Waals surface area contributed by atoms with Crippen LogP contribution in [0, 0.1) is 0 Å². The van der Waals surface area contributed by atoms with Gasteiger partial charge in [0.25, 0.3) is 0 Å². The van der Waals surface area contributed by atoms with Gasteiger partial charge in [0.1, 0.15) is 5.60 Å². The first-order chi connectivity index (χ1) is 9.80. The molecule has 2 rings (SSSR count). The first-order valence-electron chi connectivity index (χ1n) is 6.89. The van der Waals surface area contributed by atoms with E-state index in [0.717, 1.165) is 11.1 Å². The van der Waals surface area contributed by atoms with Gasteiger partial charge in [-0.15, -0.1) is 0 Å². The van der Waals surface area contributed by atoms with Crippen molar-refractivity contribution in [1.82, 2.24) is 9.88 Å². The van der Waals surface area contributed by atoms with E-state index in [1.165, 1.54) is 0 Å². The minimum atomic E-state index is -0.527. The molecule has 0 bridgehead atoms. The molecule has 0 aliphatic carbocycles. The summed E-state index contributed by atoms with van der Waals surface area (Å²) in [5.41, 5.74) is 1.62. The Labute approximate surface area is 122 Å². The Morgan fingerprint density at radius 2 is 2.10 bits per heavy atom. The van der Waals surface area contributed by atoms with E-state index in [0.29, 0.717) is 18.7 Å². The largest absolute Gasteiger partial charge is 0.444 e. The number of oxazole rings is 1. The lowest BCUT2D eigenvalue weighted by atomic mass is 10.2. The van der Waals surface area contributed by atoms with Crippen molar-refractivity contribution in [2.45, 2.75) is 46.4 Å². The highest BCUT2D eigenvalue weighted by atomic mass is 16.6. The van der Waals surface area contributed by atoms with Crippen LogP contribution in [0.5, 0.6) is 0 Å². The smallest absolute Gasteiger partial charge is 0.419 e. The monoisotopic (exact) mass is 292 g/mol. The number of aryl methyl sites for hydroxylation is 1. The predicted molar refractivity (Wildman–Crippen MR) is 79.2 cm³/mol. The van der Waals surface area contributed by atoms with Crippen LogP contribution in [-0.2, 0) is 17.8 Å². The van der Waals surface area contributed by atoms with E-state index >= 15 is 0 Å². The van der Waals surface area contributed by atoms with E-state index in [9.17, 15) is 9.59 Å². The lowest BCUT2D eigenvalue weighted by Crippen LogP contribution is -2.32. The van der Waals surface area contributed by atoms with Crippen LogP contribution in [0.25, 0.3) is 11.1 Å². The lowest BCUT2D eigenvalue weighted by molar-refractivity contribution is 0.0523. The van der Waals surface area contributed by atoms with Crippen LogP contribution >= 0.6 is 0 Å². The van der Waals surface area contributed by atoms with Crippen molar-refractivity contribution < 1.29 is 13.9 Å². The number of fused-ring (bicyclic) bond motifs is 1. The molecule has 1 aromatic carbocycles. The SMILES string of the molecule is CCn1c(=O)oc2ccc(CNC(=O)OC(C)(C)C)cc21. The number of alkyl carbamates (subject to hydrolysis) is 1. The van der Waals surface area contributed by atoms with Gasteiger partial charge in [0.05, 0.1) is 5.52 Å². The van der Waals surface area contributed by atoms with Crippen molar-refractivity contribution in [1.29, 1.82) is 0 Å². The molecule has 21 heavy (non-hydrogen) atoms. The second-order valence-electron chi connectivity index (χ2n) is 5.77. The molecular weight excluding hydrogens is 272 g/mol. The number of aromatic nitrogens is 1. The number of hydrogen-bond acceptors (Lipinski definition) is 4. The van der Waals surface area contributed by atoms with E-state index in [1.54, 1.807) is 10.6 Å². The maximum Gasteiger partial charge on any atom is 0.419 e. The maximum atomic E-state index is 11.6. The van der Waals surface area contributed by atoms with Gasteiger partial charge in [-0.1, -0.05) is 6.07 Å². The van der Waals surface area contributed by atoms with Crippen LogP contribution in [0.4, 0.5) is 4.79 Å². The molecule has 6 nitrogen and oxygen atoms in total. The van der Waals surface area contributed by atoms with Gasteiger partial charge in [0, 0.05) is 13.1 Å². The summed E-state index contributed by atoms with van der Waals surface area (Å²) in [7, 11) is 0. The Morgan fingerprint density at radius 1 is 1.38 bits per heavy atom. The average Bonchev–Trinajstić information content (AvgIpc) is 2.68. The van der Waals surface area contributed by atoms with E-state index in [-0.39, 0.29) is 5.76 Å². The number of rotatable bonds is 3. The normalized spacial score (nSPS) is 11.6. The molecule has 0 spiro atoms. The number of carbonyl (C=O) groups is 1. The van der Waals surface area contributed by atoms with Gasteiger partial charge in [0.15, 0.2) is 5.58 Å². The number of benzene rings is 1. The molecule has 1 amide bonds. The Kier molecular flexibility index (Phi) is 4.06. The molecular formula is C15H20N2O4. The van der Waals surface area contributed by atoms with Crippen molar-refractivity contribution in [3.8, 4) is 0 Å². The third kappa shape index (κ3) is 3.65. The van der Waals surface area contributed by atoms with Gasteiger partial charge in [-0.3, -0.25) is 4.57 Å². The number of carbonyl (C=O) groups excluding carboxylic acids is 1. The summed E-state index contributed by atoms with van der Waals surface area (Å²) in [5, 5.41) is 2.69. The highest BCUT2D eigenvalue weighted by Crippen LogP contribution is 2.15. The highest BCUT2D eigenvalue weighted by molar-refractivity contribution is 5.74. The zero-order valence-corrected chi connectivity index (χ0v) is 12.7. The van der Waals surface area contributed by atoms with E-state index < -0.39 is 11.7 Å². The number of nitrogens with zero attached hydrogens (tertiary/aromatic N) is 1. The summed E-state index contributed by atoms with van der Waals surface area (Å²) in [6, 6.07) is 5.37. The van der Waals surface area contributed by atoms with E-state index in [4.69, 9.17) is 9.15 Å². The van der Waals surface area contributed by atoms with Gasteiger partial charge in [-0.2, -0.15) is 0 Å². The fraction of sp³-hybridized carbons (Fsp3) is 0.467. The molecule has 1 heterocycles. The van der Waals surface area contributed by atoms with Crippen LogP contribution in [0.2, 0.25) is 0 Å². The Bertz CT molecular complexity index is 707. The molecule has 0 aliphatic rings. The lowest BCUT2D eigenvalue weighted by Gasteiger charge is -2.19. The number of nitrogens with one attached hydrogen (secondary N) is 1. The molecule has 0 saturated carbocycles. The van der Waals surface area contributed by atoms with Crippen molar-refractivity contribution in [3.05, 3.63) is 34.3 Å². The van der Waals surface area contributed by atoms with Gasteiger partial charge in [0.2, 0.25) is 0 Å². The Hall–Kier alpha value is -2.24. The quantitative estimate of drug-likeness (QED) is 0.943. The molecule has 0 radical (unpaired) electrons. The maximum absolute atomic E-state index is 11.6. The molecule has 0 unspecified atom stereocenters. The van der Waals surface area contributed by atoms with E-state index in [1.807, 2.05) is 39.8 Å². The van der Waals surface area contributed by atoms with Crippen LogP contribution in [0.3, 0.4) is 0 Å². The van der Waals surface area contributed by atoms with Crippen LogP contribution < -0.4 is 11.1 Å². The summed E-state index contributed by atoms with van der Waals surface area (Å²) >= 11 is 0. The molecule has 0 aliphatic heterocycles. The molecule has 0 saturated heterocycles. The average molecular weight is 292 g/mol. The molecule has 0 atom stereocenters. The first kappa shape index (κ1) is 15.2. The number of ether oxygens (including phenoxy) is 1. The third-order valence-electron chi connectivity index (χ3n) is 2.88. The summed E-state index contributed by atoms with van der Waals surface area (Å²) in [6.07, 6.45) is -0.470. The Morgan fingerprint density at radius 3 is 2.71 bits per heavy atom. The number of hydrogen-bond donors (Lipinski definition) is 1. The van der Waals surface area contributed by atoms with Crippen LogP contribution in [0.1, 0.15) is 33.3 Å². The van der Waals surface area contributed by atoms with Crippen LogP contribution in [-0.4, -0.2) is 16.3 Å². The fourth-order valence-corrected chi connectivity index (χ4v) is 2.01. The summed E-state index contributed by atoms with van der Waals surface area (Å²) in [5.74, 6) is -0.371. The standard InChI is InChI=1S/C15H20N2O4/c1-5-17-11-8-10(6-7-12(11)20-14(17)19)9-16-13(18)21-15(2,3)4/h6-8H,5,9H2,1-4H3,(H,16,18). The Balaban J connectivity index is 2.13. The molecule has 1 N–H and O–H groups in total. The van der Waals surface area contributed by atoms with Crippen molar-refractivity contribution >= 4 is 17.2 Å². The zero-order chi connectivity index (χ0) is 15.6. The van der Waals surface area contributed by atoms with Gasteiger partial charge < -0.3 is 14.5 Å². The highest BCUT2D eigenvalue weighted by Gasteiger charge is 2.16. The predicted octanol–water partition coefficient (Wildman–Crippen LogP) is 2.64. The minimum Gasteiger partial charge on any atom is -0.444 e. The fourth-order valence-electron chi connectivity index (χ4n) is 2.01. The van der Waals surface area contributed by atoms with Gasteiger partial charge in [-0.25, -0.2) is 9.59 Å². The second kappa shape index (κ2) is 5.63. The van der Waals surface area contributed by atoms with Gasteiger partial charge in [-0.05, 0) is 45.4 Å². The van der Waals surface area contributed by atoms with Gasteiger partial charge >= 0.3 is 11.8 Å². The van der Waals surface area contributed by atoms with Crippen molar-refractivity contribution in [2.75, 3.05) is 0 Å².